The molecule has 3 aromatic rings. The topological polar surface area (TPSA) is 34.0 Å². The molecule has 0 saturated carbocycles. The SMILES string of the molecule is Cn1ccnc1CN1CCC[C@@H](c2cccc(-c3cccc(C(F)(F)F)c3)n2)C1. The molecular weight excluding hydrogens is 377 g/mol. The Morgan fingerprint density at radius 3 is 2.72 bits per heavy atom. The van der Waals surface area contributed by atoms with E-state index in [0.717, 1.165) is 50.1 Å². The van der Waals surface area contributed by atoms with Gasteiger partial charge >= 0.3 is 6.18 Å². The Morgan fingerprint density at radius 2 is 1.97 bits per heavy atom. The van der Waals surface area contributed by atoms with E-state index in [-0.39, 0.29) is 5.92 Å². The fourth-order valence-electron chi connectivity index (χ4n) is 3.88. The molecule has 1 aliphatic rings. The third-order valence-corrected chi connectivity index (χ3v) is 5.47. The lowest BCUT2D eigenvalue weighted by Gasteiger charge is -2.32. The van der Waals surface area contributed by atoms with E-state index >= 15 is 0 Å². The number of hydrogen-bond donors (Lipinski definition) is 0. The van der Waals surface area contributed by atoms with Crippen molar-refractivity contribution in [1.29, 1.82) is 0 Å². The smallest absolute Gasteiger partial charge is 0.337 e. The van der Waals surface area contributed by atoms with Crippen LogP contribution in [0.5, 0.6) is 0 Å². The molecule has 0 aliphatic carbocycles. The summed E-state index contributed by atoms with van der Waals surface area (Å²) < 4.78 is 41.2. The van der Waals surface area contributed by atoms with Gasteiger partial charge in [0, 0.05) is 43.2 Å². The average molecular weight is 400 g/mol. The van der Waals surface area contributed by atoms with Crippen molar-refractivity contribution >= 4 is 0 Å². The first kappa shape index (κ1) is 19.6. The van der Waals surface area contributed by atoms with Crippen LogP contribution in [0.1, 0.15) is 35.8 Å². The second-order valence-corrected chi connectivity index (χ2v) is 7.55. The van der Waals surface area contributed by atoms with Crippen molar-refractivity contribution in [2.75, 3.05) is 13.1 Å². The normalized spacial score (nSPS) is 18.1. The van der Waals surface area contributed by atoms with Crippen molar-refractivity contribution in [2.45, 2.75) is 31.5 Å². The van der Waals surface area contributed by atoms with E-state index < -0.39 is 11.7 Å². The minimum atomic E-state index is -4.36. The highest BCUT2D eigenvalue weighted by molar-refractivity contribution is 5.60. The Morgan fingerprint density at radius 1 is 1.14 bits per heavy atom. The van der Waals surface area contributed by atoms with E-state index in [9.17, 15) is 13.2 Å². The highest BCUT2D eigenvalue weighted by atomic mass is 19.4. The molecule has 1 aromatic carbocycles. The highest BCUT2D eigenvalue weighted by Crippen LogP contribution is 2.33. The number of aryl methyl sites for hydroxylation is 1. The third-order valence-electron chi connectivity index (χ3n) is 5.47. The molecule has 29 heavy (non-hydrogen) atoms. The summed E-state index contributed by atoms with van der Waals surface area (Å²) in [6.45, 7) is 2.66. The molecule has 4 nitrogen and oxygen atoms in total. The molecule has 1 saturated heterocycles. The van der Waals surface area contributed by atoms with E-state index in [1.807, 2.05) is 29.9 Å². The summed E-state index contributed by atoms with van der Waals surface area (Å²) in [5.41, 5.74) is 1.35. The number of likely N-dealkylation sites (tertiary alicyclic amines) is 1. The number of aromatic nitrogens is 3. The van der Waals surface area contributed by atoms with Gasteiger partial charge in [0.1, 0.15) is 5.82 Å². The molecule has 2 aromatic heterocycles. The Balaban J connectivity index is 1.53. The van der Waals surface area contributed by atoms with E-state index in [2.05, 4.69) is 9.88 Å². The Labute approximate surface area is 168 Å². The summed E-state index contributed by atoms with van der Waals surface area (Å²) in [6.07, 6.45) is 1.47. The van der Waals surface area contributed by atoms with Gasteiger partial charge in [-0.2, -0.15) is 13.2 Å². The van der Waals surface area contributed by atoms with Crippen LogP contribution in [0.4, 0.5) is 13.2 Å². The molecule has 3 heterocycles. The average Bonchev–Trinajstić information content (AvgIpc) is 3.12. The second kappa shape index (κ2) is 7.99. The molecule has 0 spiro atoms. The molecule has 0 amide bonds. The van der Waals surface area contributed by atoms with Gasteiger partial charge in [-0.3, -0.25) is 9.88 Å². The Bertz CT molecular complexity index is 980. The number of benzene rings is 1. The zero-order valence-electron chi connectivity index (χ0n) is 16.2. The summed E-state index contributed by atoms with van der Waals surface area (Å²) in [6, 6.07) is 11.0. The second-order valence-electron chi connectivity index (χ2n) is 7.55. The molecular formula is C22H23F3N4. The fourth-order valence-corrected chi connectivity index (χ4v) is 3.88. The van der Waals surface area contributed by atoms with E-state index in [1.54, 1.807) is 18.3 Å². The number of imidazole rings is 1. The van der Waals surface area contributed by atoms with Crippen molar-refractivity contribution in [2.24, 2.45) is 7.05 Å². The van der Waals surface area contributed by atoms with E-state index in [4.69, 9.17) is 4.98 Å². The molecule has 4 rings (SSSR count). The van der Waals surface area contributed by atoms with Crippen LogP contribution in [-0.2, 0) is 19.8 Å². The minimum absolute atomic E-state index is 0.259. The summed E-state index contributed by atoms with van der Waals surface area (Å²) in [4.78, 5) is 11.5. The lowest BCUT2D eigenvalue weighted by atomic mass is 9.93. The summed E-state index contributed by atoms with van der Waals surface area (Å²) in [7, 11) is 1.99. The fraction of sp³-hybridized carbons (Fsp3) is 0.364. The van der Waals surface area contributed by atoms with Gasteiger partial charge in [-0.15, -0.1) is 0 Å². The first-order valence-corrected chi connectivity index (χ1v) is 9.73. The number of rotatable bonds is 4. The maximum absolute atomic E-state index is 13.0. The minimum Gasteiger partial charge on any atom is -0.337 e. The predicted molar refractivity (Wildman–Crippen MR) is 105 cm³/mol. The molecule has 7 heteroatoms. The Hall–Kier alpha value is -2.67. The van der Waals surface area contributed by atoms with Crippen molar-refractivity contribution in [3.8, 4) is 11.3 Å². The number of pyridine rings is 1. The van der Waals surface area contributed by atoms with Gasteiger partial charge in [-0.1, -0.05) is 18.2 Å². The maximum Gasteiger partial charge on any atom is 0.416 e. The maximum atomic E-state index is 13.0. The van der Waals surface area contributed by atoms with Gasteiger partial charge in [0.15, 0.2) is 0 Å². The van der Waals surface area contributed by atoms with Crippen LogP contribution in [0.15, 0.2) is 54.9 Å². The lowest BCUT2D eigenvalue weighted by molar-refractivity contribution is -0.137. The van der Waals surface area contributed by atoms with Gasteiger partial charge in [-0.25, -0.2) is 4.98 Å². The molecule has 1 atom stereocenters. The molecule has 152 valence electrons. The van der Waals surface area contributed by atoms with Crippen molar-refractivity contribution in [3.63, 3.8) is 0 Å². The van der Waals surface area contributed by atoms with Gasteiger partial charge in [0.05, 0.1) is 17.8 Å². The number of halogens is 3. The zero-order valence-corrected chi connectivity index (χ0v) is 16.2. The molecule has 0 N–H and O–H groups in total. The molecule has 1 fully saturated rings. The summed E-state index contributed by atoms with van der Waals surface area (Å²) in [5, 5.41) is 0. The van der Waals surface area contributed by atoms with Gasteiger partial charge in [-0.05, 0) is 43.7 Å². The van der Waals surface area contributed by atoms with Gasteiger partial charge in [0.2, 0.25) is 0 Å². The number of nitrogens with zero attached hydrogens (tertiary/aromatic N) is 4. The summed E-state index contributed by atoms with van der Waals surface area (Å²) >= 11 is 0. The van der Waals surface area contributed by atoms with Crippen molar-refractivity contribution in [1.82, 2.24) is 19.4 Å². The van der Waals surface area contributed by atoms with Crippen molar-refractivity contribution in [3.05, 3.63) is 71.9 Å². The molecule has 1 aliphatic heterocycles. The van der Waals surface area contributed by atoms with Crippen LogP contribution in [-0.4, -0.2) is 32.5 Å². The third kappa shape index (κ3) is 4.50. The first-order chi connectivity index (χ1) is 13.9. The van der Waals surface area contributed by atoms with Crippen LogP contribution in [0, 0.1) is 0 Å². The summed E-state index contributed by atoms with van der Waals surface area (Å²) in [5.74, 6) is 1.28. The van der Waals surface area contributed by atoms with Crippen LogP contribution >= 0.6 is 0 Å². The standard InChI is InChI=1S/C22H23F3N4/c1-28-12-10-26-21(28)15-29-11-4-6-17(14-29)20-9-3-8-19(27-20)16-5-2-7-18(13-16)22(23,24)25/h2-3,5,7-10,12-13,17H,4,6,11,14-15H2,1H3/t17-/m1/s1. The van der Waals surface area contributed by atoms with Crippen LogP contribution in [0.3, 0.4) is 0 Å². The van der Waals surface area contributed by atoms with Gasteiger partial charge in [0.25, 0.3) is 0 Å². The quantitative estimate of drug-likeness (QED) is 0.626. The molecule has 0 radical (unpaired) electrons. The largest absolute Gasteiger partial charge is 0.416 e. The lowest BCUT2D eigenvalue weighted by Crippen LogP contribution is -2.34. The first-order valence-electron chi connectivity index (χ1n) is 9.73. The van der Waals surface area contributed by atoms with Crippen LogP contribution in [0.2, 0.25) is 0 Å². The van der Waals surface area contributed by atoms with E-state index in [1.165, 1.54) is 12.1 Å². The zero-order chi connectivity index (χ0) is 20.4. The number of hydrogen-bond acceptors (Lipinski definition) is 3. The van der Waals surface area contributed by atoms with E-state index in [0.29, 0.717) is 11.3 Å². The number of alkyl halides is 3. The van der Waals surface area contributed by atoms with Crippen LogP contribution in [0.25, 0.3) is 11.3 Å². The van der Waals surface area contributed by atoms with Crippen LogP contribution < -0.4 is 0 Å². The highest BCUT2D eigenvalue weighted by Gasteiger charge is 2.30. The number of piperidine rings is 1. The molecule has 0 unspecified atom stereocenters. The van der Waals surface area contributed by atoms with Crippen molar-refractivity contribution < 1.29 is 13.2 Å². The monoisotopic (exact) mass is 400 g/mol. The Kier molecular flexibility index (Phi) is 5.41. The predicted octanol–water partition coefficient (Wildman–Crippen LogP) is 4.88. The van der Waals surface area contributed by atoms with Gasteiger partial charge < -0.3 is 4.57 Å². The molecule has 0 bridgehead atoms.